The normalized spacial score (nSPS) is 12.0. The van der Waals surface area contributed by atoms with Gasteiger partial charge < -0.3 is 9.64 Å². The highest BCUT2D eigenvalue weighted by Gasteiger charge is 2.22. The molecule has 0 radical (unpaired) electrons. The summed E-state index contributed by atoms with van der Waals surface area (Å²) >= 11 is 0. The van der Waals surface area contributed by atoms with Gasteiger partial charge in [0.25, 0.3) is 0 Å². The number of carbonyl (C=O) groups excluding carboxylic acids is 2. The number of carbonyl (C=O) groups is 2. The van der Waals surface area contributed by atoms with Crippen LogP contribution >= 0.6 is 0 Å². The van der Waals surface area contributed by atoms with Gasteiger partial charge >= 0.3 is 6.09 Å². The first kappa shape index (κ1) is 25.3. The van der Waals surface area contributed by atoms with Gasteiger partial charge in [0.1, 0.15) is 5.60 Å². The molecule has 172 valence electrons. The molecule has 7 heteroatoms. The molecular formula is C25H31NO5S. The lowest BCUT2D eigenvalue weighted by Crippen LogP contribution is -2.36. The molecule has 0 aliphatic heterocycles. The number of amides is 1. The Bertz CT molecular complexity index is 1040. The van der Waals surface area contributed by atoms with E-state index in [4.69, 9.17) is 4.74 Å². The molecule has 0 aliphatic carbocycles. The Balaban J connectivity index is 1.97. The fraction of sp³-hybridized carbons (Fsp3) is 0.360. The van der Waals surface area contributed by atoms with E-state index in [1.54, 1.807) is 51.1 Å². The first-order chi connectivity index (χ1) is 15.0. The summed E-state index contributed by atoms with van der Waals surface area (Å²) in [6, 6.07) is 16.0. The number of rotatable bonds is 9. The molecule has 1 amide bonds. The third-order valence-electron chi connectivity index (χ3n) is 4.49. The summed E-state index contributed by atoms with van der Waals surface area (Å²) in [6.45, 7) is 7.75. The van der Waals surface area contributed by atoms with E-state index in [0.29, 0.717) is 6.54 Å². The van der Waals surface area contributed by atoms with Crippen molar-refractivity contribution in [2.75, 3.05) is 12.3 Å². The molecule has 2 rings (SSSR count). The number of hydrogen-bond acceptors (Lipinski definition) is 5. The molecule has 2 aromatic carbocycles. The molecule has 0 bridgehead atoms. The van der Waals surface area contributed by atoms with Crippen LogP contribution in [-0.4, -0.2) is 43.1 Å². The Kier molecular flexibility index (Phi) is 8.78. The molecule has 0 aliphatic rings. The van der Waals surface area contributed by atoms with Crippen LogP contribution in [-0.2, 0) is 25.9 Å². The summed E-state index contributed by atoms with van der Waals surface area (Å²) in [5.74, 6) is -0.580. The molecule has 0 N–H and O–H groups in total. The van der Waals surface area contributed by atoms with Crippen molar-refractivity contribution in [1.82, 2.24) is 4.90 Å². The topological polar surface area (TPSA) is 80.8 Å². The van der Waals surface area contributed by atoms with Gasteiger partial charge in [-0.2, -0.15) is 0 Å². The van der Waals surface area contributed by atoms with Gasteiger partial charge in [0.2, 0.25) is 0 Å². The number of hydrogen-bond donors (Lipinski definition) is 0. The smallest absolute Gasteiger partial charge is 0.410 e. The van der Waals surface area contributed by atoms with E-state index >= 15 is 0 Å². The van der Waals surface area contributed by atoms with Crippen LogP contribution in [0.15, 0.2) is 71.6 Å². The van der Waals surface area contributed by atoms with Gasteiger partial charge in [-0.1, -0.05) is 54.1 Å². The number of aryl methyl sites for hydroxylation is 1. The number of allylic oxidation sites excluding steroid dienone is 1. The zero-order valence-electron chi connectivity index (χ0n) is 19.1. The zero-order valence-corrected chi connectivity index (χ0v) is 19.9. The first-order valence-electron chi connectivity index (χ1n) is 10.5. The predicted octanol–water partition coefficient (Wildman–Crippen LogP) is 4.72. The Morgan fingerprint density at radius 1 is 1.00 bits per heavy atom. The highest BCUT2D eigenvalue weighted by atomic mass is 32.2. The van der Waals surface area contributed by atoms with Gasteiger partial charge in [-0.05, 0) is 51.5 Å². The minimum Gasteiger partial charge on any atom is -0.444 e. The van der Waals surface area contributed by atoms with E-state index < -0.39 is 21.5 Å². The van der Waals surface area contributed by atoms with Crippen LogP contribution in [0.5, 0.6) is 0 Å². The Morgan fingerprint density at radius 3 is 2.22 bits per heavy atom. The highest BCUT2D eigenvalue weighted by molar-refractivity contribution is 7.91. The van der Waals surface area contributed by atoms with Crippen LogP contribution in [0.3, 0.4) is 0 Å². The predicted molar refractivity (Wildman–Crippen MR) is 125 cm³/mol. The van der Waals surface area contributed by atoms with E-state index in [0.717, 1.165) is 11.1 Å². The van der Waals surface area contributed by atoms with Crippen molar-refractivity contribution in [2.24, 2.45) is 0 Å². The molecule has 2 aromatic rings. The van der Waals surface area contributed by atoms with Crippen molar-refractivity contribution in [2.45, 2.75) is 51.2 Å². The Morgan fingerprint density at radius 2 is 1.62 bits per heavy atom. The van der Waals surface area contributed by atoms with Crippen LogP contribution in [0.4, 0.5) is 4.79 Å². The Labute approximate surface area is 190 Å². The van der Waals surface area contributed by atoms with Crippen molar-refractivity contribution in [3.8, 4) is 0 Å². The molecule has 0 atom stereocenters. The maximum Gasteiger partial charge on any atom is 0.410 e. The van der Waals surface area contributed by atoms with Crippen LogP contribution in [0.25, 0.3) is 0 Å². The molecule has 0 aromatic heterocycles. The monoisotopic (exact) mass is 457 g/mol. The maximum atomic E-state index is 12.6. The highest BCUT2D eigenvalue weighted by Crippen LogP contribution is 2.14. The lowest BCUT2D eigenvalue weighted by Gasteiger charge is -2.26. The molecule has 0 saturated heterocycles. The van der Waals surface area contributed by atoms with Crippen molar-refractivity contribution >= 4 is 21.7 Å². The molecule has 0 spiro atoms. The summed E-state index contributed by atoms with van der Waals surface area (Å²) in [7, 11) is -3.53. The van der Waals surface area contributed by atoms with Crippen LogP contribution in [0, 0.1) is 6.92 Å². The second-order valence-corrected chi connectivity index (χ2v) is 10.7. The number of ether oxygens (including phenoxy) is 1. The summed E-state index contributed by atoms with van der Waals surface area (Å²) in [5.41, 5.74) is 1.26. The summed E-state index contributed by atoms with van der Waals surface area (Å²) < 4.78 is 30.3. The molecule has 0 unspecified atom stereocenters. The van der Waals surface area contributed by atoms with Crippen molar-refractivity contribution in [3.05, 3.63) is 77.9 Å². The summed E-state index contributed by atoms with van der Waals surface area (Å²) in [5, 5.41) is 0. The van der Waals surface area contributed by atoms with Crippen LogP contribution in [0.1, 0.15) is 38.3 Å². The number of sulfone groups is 1. The summed E-state index contributed by atoms with van der Waals surface area (Å²) in [4.78, 5) is 26.5. The minimum atomic E-state index is -3.53. The van der Waals surface area contributed by atoms with E-state index in [2.05, 4.69) is 0 Å². The molecule has 0 fully saturated rings. The van der Waals surface area contributed by atoms with Crippen molar-refractivity contribution < 1.29 is 22.7 Å². The van der Waals surface area contributed by atoms with E-state index in [1.807, 2.05) is 37.3 Å². The quantitative estimate of drug-likeness (QED) is 0.509. The fourth-order valence-corrected chi connectivity index (χ4v) is 4.08. The third kappa shape index (κ3) is 8.67. The van der Waals surface area contributed by atoms with Crippen molar-refractivity contribution in [1.29, 1.82) is 0 Å². The minimum absolute atomic E-state index is 0.127. The van der Waals surface area contributed by atoms with E-state index in [9.17, 15) is 18.0 Å². The first-order valence-corrected chi connectivity index (χ1v) is 12.1. The average molecular weight is 458 g/mol. The summed E-state index contributed by atoms with van der Waals surface area (Å²) in [6.07, 6.45) is 2.28. The van der Waals surface area contributed by atoms with Crippen molar-refractivity contribution in [3.63, 3.8) is 0 Å². The molecule has 32 heavy (non-hydrogen) atoms. The average Bonchev–Trinajstić information content (AvgIpc) is 2.71. The number of benzene rings is 2. The molecule has 6 nitrogen and oxygen atoms in total. The van der Waals surface area contributed by atoms with Gasteiger partial charge in [-0.3, -0.25) is 4.79 Å². The largest absolute Gasteiger partial charge is 0.444 e. The second-order valence-electron chi connectivity index (χ2n) is 8.60. The van der Waals surface area contributed by atoms with Crippen LogP contribution < -0.4 is 0 Å². The van der Waals surface area contributed by atoms with Gasteiger partial charge in [0.05, 0.1) is 10.6 Å². The van der Waals surface area contributed by atoms with Gasteiger partial charge in [-0.25, -0.2) is 13.2 Å². The zero-order chi connectivity index (χ0) is 23.8. The van der Waals surface area contributed by atoms with Gasteiger partial charge in [-0.15, -0.1) is 0 Å². The third-order valence-corrected chi connectivity index (χ3v) is 6.23. The molecule has 0 saturated carbocycles. The second kappa shape index (κ2) is 11.1. The standard InChI is InChI=1S/C25H31NO5S/c1-20-12-14-23(15-13-20)32(29,30)18-16-22(27)11-8-17-26(24(28)31-25(2,3)4)19-21-9-6-5-7-10-21/h5-15H,16-19H2,1-4H3/b11-8+. The van der Waals surface area contributed by atoms with Gasteiger partial charge in [0, 0.05) is 19.5 Å². The van der Waals surface area contributed by atoms with E-state index in [1.165, 1.54) is 11.0 Å². The molecule has 0 heterocycles. The number of ketones is 1. The molecular weight excluding hydrogens is 426 g/mol. The van der Waals surface area contributed by atoms with Gasteiger partial charge in [0.15, 0.2) is 15.6 Å². The fourth-order valence-electron chi connectivity index (χ4n) is 2.83. The lowest BCUT2D eigenvalue weighted by atomic mass is 10.2. The maximum absolute atomic E-state index is 12.6. The SMILES string of the molecule is Cc1ccc(S(=O)(=O)CCC(=O)/C=C/CN(Cc2ccccc2)C(=O)OC(C)(C)C)cc1. The van der Waals surface area contributed by atoms with Crippen LogP contribution in [0.2, 0.25) is 0 Å². The van der Waals surface area contributed by atoms with E-state index in [-0.39, 0.29) is 29.4 Å². The number of nitrogens with zero attached hydrogens (tertiary/aromatic N) is 1. The lowest BCUT2D eigenvalue weighted by molar-refractivity contribution is -0.114. The Hall–Kier alpha value is -2.93.